The minimum Gasteiger partial charge on any atom is -0.449 e. The summed E-state index contributed by atoms with van der Waals surface area (Å²) in [5, 5.41) is 10.1. The first-order valence-corrected chi connectivity index (χ1v) is 5.83. The Morgan fingerprint density at radius 1 is 1.39 bits per heavy atom. The lowest BCUT2D eigenvalue weighted by Crippen LogP contribution is -2.37. The van der Waals surface area contributed by atoms with Crippen LogP contribution in [0.4, 0.5) is 4.79 Å². The normalized spacial score (nSPS) is 11.9. The van der Waals surface area contributed by atoms with Crippen molar-refractivity contribution in [2.75, 3.05) is 6.61 Å². The Labute approximate surface area is 107 Å². The van der Waals surface area contributed by atoms with Crippen LogP contribution in [0.5, 0.6) is 0 Å². The molecule has 0 aliphatic heterocycles. The van der Waals surface area contributed by atoms with Gasteiger partial charge in [-0.15, -0.1) is 0 Å². The third kappa shape index (κ3) is 4.45. The number of carbonyl (C=O) groups is 1. The zero-order chi connectivity index (χ0) is 13.5. The molecule has 0 aliphatic rings. The number of rotatable bonds is 5. The molecule has 0 radical (unpaired) electrons. The van der Waals surface area contributed by atoms with Crippen LogP contribution in [0.2, 0.25) is 0 Å². The Morgan fingerprint density at radius 2 is 2.00 bits per heavy atom. The van der Waals surface area contributed by atoms with Gasteiger partial charge in [-0.1, -0.05) is 44.2 Å². The first-order chi connectivity index (χ1) is 8.50. The summed E-state index contributed by atoms with van der Waals surface area (Å²) >= 11 is 0. The lowest BCUT2D eigenvalue weighted by molar-refractivity contribution is 0.131. The number of amides is 1. The molecule has 0 aliphatic carbocycles. The molecule has 5 heteroatoms. The maximum atomic E-state index is 11.6. The Morgan fingerprint density at radius 3 is 2.50 bits per heavy atom. The van der Waals surface area contributed by atoms with E-state index in [-0.39, 0.29) is 11.8 Å². The van der Waals surface area contributed by atoms with Gasteiger partial charge >= 0.3 is 6.09 Å². The van der Waals surface area contributed by atoms with Gasteiger partial charge in [-0.05, 0) is 11.5 Å². The zero-order valence-electron chi connectivity index (χ0n) is 10.6. The highest BCUT2D eigenvalue weighted by atomic mass is 16.5. The standard InChI is InChI=1S/C13H19N3O2/c1-9(2)8-18-13(17)16-11(12(14)15)10-6-4-3-5-7-10/h3-7,9,11H,8H2,1-2H3,(H3,14,15)(H,16,17). The molecule has 98 valence electrons. The number of alkyl carbamates (subject to hydrolysis) is 1. The van der Waals surface area contributed by atoms with Gasteiger partial charge in [0, 0.05) is 0 Å². The van der Waals surface area contributed by atoms with Gasteiger partial charge < -0.3 is 15.8 Å². The van der Waals surface area contributed by atoms with Crippen molar-refractivity contribution in [3.63, 3.8) is 0 Å². The molecule has 1 aromatic rings. The van der Waals surface area contributed by atoms with Crippen molar-refractivity contribution in [2.45, 2.75) is 19.9 Å². The smallest absolute Gasteiger partial charge is 0.408 e. The molecule has 4 N–H and O–H groups in total. The van der Waals surface area contributed by atoms with Gasteiger partial charge in [0.1, 0.15) is 11.9 Å². The number of hydrogen-bond acceptors (Lipinski definition) is 3. The van der Waals surface area contributed by atoms with Gasteiger partial charge in [0.05, 0.1) is 6.61 Å². The predicted molar refractivity (Wildman–Crippen MR) is 70.4 cm³/mol. The van der Waals surface area contributed by atoms with Gasteiger partial charge in [-0.25, -0.2) is 4.79 Å². The van der Waals surface area contributed by atoms with Gasteiger partial charge in [-0.2, -0.15) is 0 Å². The van der Waals surface area contributed by atoms with Crippen LogP contribution in [0.25, 0.3) is 0 Å². The van der Waals surface area contributed by atoms with E-state index in [4.69, 9.17) is 15.9 Å². The molecule has 0 bridgehead atoms. The van der Waals surface area contributed by atoms with Crippen LogP contribution in [0.1, 0.15) is 25.5 Å². The van der Waals surface area contributed by atoms with Crippen molar-refractivity contribution in [3.8, 4) is 0 Å². The zero-order valence-corrected chi connectivity index (χ0v) is 10.6. The number of nitrogens with one attached hydrogen (secondary N) is 2. The number of hydrogen-bond donors (Lipinski definition) is 3. The van der Waals surface area contributed by atoms with E-state index in [1.165, 1.54) is 0 Å². The lowest BCUT2D eigenvalue weighted by atomic mass is 10.1. The van der Waals surface area contributed by atoms with Crippen LogP contribution in [-0.4, -0.2) is 18.5 Å². The van der Waals surface area contributed by atoms with Crippen molar-refractivity contribution in [1.82, 2.24) is 5.32 Å². The van der Waals surface area contributed by atoms with E-state index in [9.17, 15) is 4.79 Å². The molecule has 1 atom stereocenters. The van der Waals surface area contributed by atoms with Gasteiger partial charge in [0.15, 0.2) is 0 Å². The summed E-state index contributed by atoms with van der Waals surface area (Å²) in [5.41, 5.74) is 6.24. The summed E-state index contributed by atoms with van der Waals surface area (Å²) in [6.07, 6.45) is -0.562. The highest BCUT2D eigenvalue weighted by molar-refractivity contribution is 5.87. The van der Waals surface area contributed by atoms with Crippen molar-refractivity contribution in [1.29, 1.82) is 5.41 Å². The monoisotopic (exact) mass is 249 g/mol. The fraction of sp³-hybridized carbons (Fsp3) is 0.385. The van der Waals surface area contributed by atoms with Gasteiger partial charge in [0.2, 0.25) is 0 Å². The Balaban J connectivity index is 2.65. The van der Waals surface area contributed by atoms with Gasteiger partial charge in [0.25, 0.3) is 0 Å². The van der Waals surface area contributed by atoms with Crippen LogP contribution < -0.4 is 11.1 Å². The molecule has 1 rings (SSSR count). The molecule has 18 heavy (non-hydrogen) atoms. The first kappa shape index (κ1) is 14.0. The number of amidine groups is 1. The summed E-state index contributed by atoms with van der Waals surface area (Å²) in [6.45, 7) is 4.24. The van der Waals surface area contributed by atoms with Gasteiger partial charge in [-0.3, -0.25) is 5.41 Å². The van der Waals surface area contributed by atoms with Crippen LogP contribution in [0.15, 0.2) is 30.3 Å². The molecule has 0 fully saturated rings. The van der Waals surface area contributed by atoms with Crippen molar-refractivity contribution >= 4 is 11.9 Å². The molecular formula is C13H19N3O2. The minimum atomic E-state index is -0.647. The van der Waals surface area contributed by atoms with Crippen molar-refractivity contribution < 1.29 is 9.53 Å². The molecule has 0 saturated carbocycles. The molecule has 0 heterocycles. The maximum absolute atomic E-state index is 11.6. The molecule has 0 saturated heterocycles. The number of nitrogens with two attached hydrogens (primary N) is 1. The summed E-state index contributed by atoms with van der Waals surface area (Å²) in [5.74, 6) is 0.144. The minimum absolute atomic E-state index is 0.123. The summed E-state index contributed by atoms with van der Waals surface area (Å²) in [6, 6.07) is 8.46. The Hall–Kier alpha value is -2.04. The summed E-state index contributed by atoms with van der Waals surface area (Å²) < 4.78 is 5.00. The second-order valence-corrected chi connectivity index (χ2v) is 4.44. The second-order valence-electron chi connectivity index (χ2n) is 4.44. The lowest BCUT2D eigenvalue weighted by Gasteiger charge is -2.18. The van der Waals surface area contributed by atoms with Crippen LogP contribution in [0, 0.1) is 11.3 Å². The number of carbonyl (C=O) groups excluding carboxylic acids is 1. The van der Waals surface area contributed by atoms with E-state index in [1.54, 1.807) is 12.1 Å². The number of benzene rings is 1. The molecule has 1 amide bonds. The Bertz CT molecular complexity index is 404. The van der Waals surface area contributed by atoms with Crippen molar-refractivity contribution in [3.05, 3.63) is 35.9 Å². The summed E-state index contributed by atoms with van der Waals surface area (Å²) in [7, 11) is 0. The molecule has 0 spiro atoms. The number of ether oxygens (including phenoxy) is 1. The molecule has 5 nitrogen and oxygen atoms in total. The quantitative estimate of drug-likeness (QED) is 0.551. The largest absolute Gasteiger partial charge is 0.449 e. The van der Waals surface area contributed by atoms with Crippen LogP contribution in [-0.2, 0) is 4.74 Å². The second kappa shape index (κ2) is 6.64. The SMILES string of the molecule is CC(C)COC(=O)NC(C(=N)N)c1ccccc1. The van der Waals surface area contributed by atoms with E-state index >= 15 is 0 Å². The van der Waals surface area contributed by atoms with Crippen molar-refractivity contribution in [2.24, 2.45) is 11.7 Å². The van der Waals surface area contributed by atoms with E-state index in [2.05, 4.69) is 5.32 Å². The molecule has 1 aromatic carbocycles. The molecule has 1 unspecified atom stereocenters. The fourth-order valence-corrected chi connectivity index (χ4v) is 1.39. The topological polar surface area (TPSA) is 88.2 Å². The maximum Gasteiger partial charge on any atom is 0.408 e. The third-order valence-corrected chi connectivity index (χ3v) is 2.25. The third-order valence-electron chi connectivity index (χ3n) is 2.25. The predicted octanol–water partition coefficient (Wildman–Crippen LogP) is 2.05. The van der Waals surface area contributed by atoms with Crippen LogP contribution >= 0.6 is 0 Å². The average molecular weight is 249 g/mol. The fourth-order valence-electron chi connectivity index (χ4n) is 1.39. The highest BCUT2D eigenvalue weighted by Gasteiger charge is 2.18. The molecular weight excluding hydrogens is 230 g/mol. The van der Waals surface area contributed by atoms with Crippen LogP contribution in [0.3, 0.4) is 0 Å². The molecule has 0 aromatic heterocycles. The summed E-state index contributed by atoms with van der Waals surface area (Å²) in [4.78, 5) is 11.6. The van der Waals surface area contributed by atoms with E-state index in [1.807, 2.05) is 32.0 Å². The highest BCUT2D eigenvalue weighted by Crippen LogP contribution is 2.12. The Kier molecular flexibility index (Phi) is 5.17. The van der Waals surface area contributed by atoms with E-state index < -0.39 is 12.1 Å². The van der Waals surface area contributed by atoms with E-state index in [0.717, 1.165) is 5.56 Å². The average Bonchev–Trinajstić information content (AvgIpc) is 2.34. The van der Waals surface area contributed by atoms with E-state index in [0.29, 0.717) is 6.61 Å². The first-order valence-electron chi connectivity index (χ1n) is 5.83.